The van der Waals surface area contributed by atoms with Gasteiger partial charge in [-0.25, -0.2) is 0 Å². The largest absolute Gasteiger partial charge is 0.395 e. The van der Waals surface area contributed by atoms with Gasteiger partial charge in [0.2, 0.25) is 0 Å². The Morgan fingerprint density at radius 1 is 1.44 bits per heavy atom. The van der Waals surface area contributed by atoms with Gasteiger partial charge in [0.1, 0.15) is 0 Å². The summed E-state index contributed by atoms with van der Waals surface area (Å²) in [5.41, 5.74) is 2.52. The Bertz CT molecular complexity index is 393. The molecule has 0 saturated heterocycles. The van der Waals surface area contributed by atoms with Crippen LogP contribution in [0.25, 0.3) is 0 Å². The molecule has 0 heterocycles. The van der Waals surface area contributed by atoms with E-state index >= 15 is 0 Å². The maximum Gasteiger partial charge on any atom is 0.0606 e. The summed E-state index contributed by atoms with van der Waals surface area (Å²) in [6, 6.07) is 7.08. The van der Waals surface area contributed by atoms with Crippen LogP contribution in [0.15, 0.2) is 22.7 Å². The third-order valence-electron chi connectivity index (χ3n) is 3.29. The molecule has 0 unspecified atom stereocenters. The molecule has 0 atom stereocenters. The minimum Gasteiger partial charge on any atom is -0.395 e. The Hall–Kier alpha value is -0.580. The molecule has 1 aliphatic rings. The van der Waals surface area contributed by atoms with Gasteiger partial charge >= 0.3 is 0 Å². The monoisotopic (exact) mass is 312 g/mol. The molecular weight excluding hydrogens is 292 g/mol. The van der Waals surface area contributed by atoms with E-state index in [0.29, 0.717) is 12.6 Å². The van der Waals surface area contributed by atoms with Crippen molar-refractivity contribution in [2.75, 3.05) is 24.6 Å². The fourth-order valence-electron chi connectivity index (χ4n) is 2.12. The first-order valence-electron chi connectivity index (χ1n) is 6.62. The Kier molecular flexibility index (Phi) is 5.03. The highest BCUT2D eigenvalue weighted by atomic mass is 79.9. The standard InChI is InChI=1S/C14H21BrN2O/c1-2-17(7-8-18)14-6-3-12(15)9-11(14)10-16-13-4-5-13/h3,6,9,13,16,18H,2,4-5,7-8,10H2,1H3. The molecule has 0 bridgehead atoms. The van der Waals surface area contributed by atoms with Crippen molar-refractivity contribution < 1.29 is 5.11 Å². The maximum absolute atomic E-state index is 9.14. The molecule has 100 valence electrons. The third-order valence-corrected chi connectivity index (χ3v) is 3.79. The quantitative estimate of drug-likeness (QED) is 0.812. The van der Waals surface area contributed by atoms with Gasteiger partial charge in [-0.3, -0.25) is 0 Å². The first kappa shape index (κ1) is 13.8. The molecule has 0 aromatic heterocycles. The van der Waals surface area contributed by atoms with Crippen LogP contribution >= 0.6 is 15.9 Å². The SMILES string of the molecule is CCN(CCO)c1ccc(Br)cc1CNC1CC1. The smallest absolute Gasteiger partial charge is 0.0606 e. The number of nitrogens with one attached hydrogen (secondary N) is 1. The zero-order valence-electron chi connectivity index (χ0n) is 10.8. The summed E-state index contributed by atoms with van der Waals surface area (Å²) >= 11 is 3.53. The van der Waals surface area contributed by atoms with E-state index in [4.69, 9.17) is 5.11 Å². The molecule has 0 spiro atoms. The molecule has 2 rings (SSSR count). The molecule has 1 aliphatic carbocycles. The molecule has 1 fully saturated rings. The fraction of sp³-hybridized carbons (Fsp3) is 0.571. The van der Waals surface area contributed by atoms with Crippen LogP contribution < -0.4 is 10.2 Å². The van der Waals surface area contributed by atoms with Crippen molar-refractivity contribution in [3.05, 3.63) is 28.2 Å². The fourth-order valence-corrected chi connectivity index (χ4v) is 2.52. The van der Waals surface area contributed by atoms with Crippen LogP contribution in [-0.4, -0.2) is 30.8 Å². The van der Waals surface area contributed by atoms with Gasteiger partial charge in [-0.05, 0) is 43.5 Å². The molecule has 0 aliphatic heterocycles. The van der Waals surface area contributed by atoms with E-state index in [1.807, 2.05) is 0 Å². The van der Waals surface area contributed by atoms with E-state index < -0.39 is 0 Å². The minimum absolute atomic E-state index is 0.194. The van der Waals surface area contributed by atoms with Gasteiger partial charge in [0.15, 0.2) is 0 Å². The van der Waals surface area contributed by atoms with E-state index in [1.54, 1.807) is 0 Å². The minimum atomic E-state index is 0.194. The second kappa shape index (κ2) is 6.55. The molecule has 1 saturated carbocycles. The van der Waals surface area contributed by atoms with Gasteiger partial charge in [-0.2, -0.15) is 0 Å². The summed E-state index contributed by atoms with van der Waals surface area (Å²) in [7, 11) is 0. The first-order valence-corrected chi connectivity index (χ1v) is 7.41. The highest BCUT2D eigenvalue weighted by molar-refractivity contribution is 9.10. The van der Waals surface area contributed by atoms with Gasteiger partial charge in [-0.1, -0.05) is 15.9 Å². The van der Waals surface area contributed by atoms with Crippen LogP contribution in [0.5, 0.6) is 0 Å². The summed E-state index contributed by atoms with van der Waals surface area (Å²) in [5, 5.41) is 12.7. The lowest BCUT2D eigenvalue weighted by Crippen LogP contribution is -2.28. The summed E-state index contributed by atoms with van der Waals surface area (Å²) in [6.07, 6.45) is 2.61. The number of hydrogen-bond acceptors (Lipinski definition) is 3. The second-order valence-corrected chi connectivity index (χ2v) is 5.65. The van der Waals surface area contributed by atoms with Crippen molar-refractivity contribution in [1.29, 1.82) is 0 Å². The normalized spacial score (nSPS) is 14.8. The number of benzene rings is 1. The number of aliphatic hydroxyl groups excluding tert-OH is 1. The van der Waals surface area contributed by atoms with Crippen LogP contribution in [0.4, 0.5) is 5.69 Å². The zero-order valence-corrected chi connectivity index (χ0v) is 12.4. The highest BCUT2D eigenvalue weighted by Gasteiger charge is 2.21. The van der Waals surface area contributed by atoms with Gasteiger partial charge < -0.3 is 15.3 Å². The zero-order chi connectivity index (χ0) is 13.0. The predicted molar refractivity (Wildman–Crippen MR) is 79.0 cm³/mol. The van der Waals surface area contributed by atoms with E-state index in [-0.39, 0.29) is 6.61 Å². The average molecular weight is 313 g/mol. The number of aliphatic hydroxyl groups is 1. The van der Waals surface area contributed by atoms with Gasteiger partial charge in [0.25, 0.3) is 0 Å². The third kappa shape index (κ3) is 3.70. The lowest BCUT2D eigenvalue weighted by Gasteiger charge is -2.25. The van der Waals surface area contributed by atoms with Crippen molar-refractivity contribution in [3.8, 4) is 0 Å². The summed E-state index contributed by atoms with van der Waals surface area (Å²) in [6.45, 7) is 4.82. The molecule has 0 amide bonds. The average Bonchev–Trinajstić information content (AvgIpc) is 3.18. The van der Waals surface area contributed by atoms with Crippen molar-refractivity contribution in [1.82, 2.24) is 5.32 Å². The Balaban J connectivity index is 2.14. The van der Waals surface area contributed by atoms with E-state index in [2.05, 4.69) is 51.3 Å². The van der Waals surface area contributed by atoms with E-state index in [9.17, 15) is 0 Å². The molecule has 3 nitrogen and oxygen atoms in total. The van der Waals surface area contributed by atoms with Crippen LogP contribution in [0, 0.1) is 0 Å². The Labute approximate surface area is 117 Å². The van der Waals surface area contributed by atoms with Crippen molar-refractivity contribution in [2.45, 2.75) is 32.4 Å². The lowest BCUT2D eigenvalue weighted by atomic mass is 10.1. The Morgan fingerprint density at radius 2 is 2.22 bits per heavy atom. The van der Waals surface area contributed by atoms with Gasteiger partial charge in [-0.15, -0.1) is 0 Å². The predicted octanol–water partition coefficient (Wildman–Crippen LogP) is 2.52. The van der Waals surface area contributed by atoms with Crippen LogP contribution in [0.2, 0.25) is 0 Å². The number of anilines is 1. The highest BCUT2D eigenvalue weighted by Crippen LogP contribution is 2.26. The number of nitrogens with zero attached hydrogens (tertiary/aromatic N) is 1. The summed E-state index contributed by atoms with van der Waals surface area (Å²) in [5.74, 6) is 0. The number of halogens is 1. The van der Waals surface area contributed by atoms with Gasteiger partial charge in [0.05, 0.1) is 6.61 Å². The molecule has 1 aromatic rings. The lowest BCUT2D eigenvalue weighted by molar-refractivity contribution is 0.302. The van der Waals surface area contributed by atoms with E-state index in [1.165, 1.54) is 24.1 Å². The molecular formula is C14H21BrN2O. The van der Waals surface area contributed by atoms with Crippen molar-refractivity contribution >= 4 is 21.6 Å². The molecule has 0 radical (unpaired) electrons. The van der Waals surface area contributed by atoms with E-state index in [0.717, 1.165) is 17.6 Å². The topological polar surface area (TPSA) is 35.5 Å². The van der Waals surface area contributed by atoms with Crippen LogP contribution in [0.1, 0.15) is 25.3 Å². The number of hydrogen-bond donors (Lipinski definition) is 2. The molecule has 2 N–H and O–H groups in total. The second-order valence-electron chi connectivity index (χ2n) is 4.73. The van der Waals surface area contributed by atoms with Crippen LogP contribution in [-0.2, 0) is 6.54 Å². The van der Waals surface area contributed by atoms with Crippen LogP contribution in [0.3, 0.4) is 0 Å². The molecule has 18 heavy (non-hydrogen) atoms. The molecule has 4 heteroatoms. The first-order chi connectivity index (χ1) is 8.74. The maximum atomic E-state index is 9.14. The summed E-state index contributed by atoms with van der Waals surface area (Å²) in [4.78, 5) is 2.22. The number of rotatable bonds is 7. The van der Waals surface area contributed by atoms with Crippen molar-refractivity contribution in [2.24, 2.45) is 0 Å². The summed E-state index contributed by atoms with van der Waals surface area (Å²) < 4.78 is 1.11. The Morgan fingerprint density at radius 3 is 2.83 bits per heavy atom. The molecule has 1 aromatic carbocycles. The number of likely N-dealkylation sites (N-methyl/N-ethyl adjacent to an activating group) is 1. The van der Waals surface area contributed by atoms with Gasteiger partial charge in [0, 0.05) is 35.8 Å². The van der Waals surface area contributed by atoms with Crippen molar-refractivity contribution in [3.63, 3.8) is 0 Å².